The van der Waals surface area contributed by atoms with Crippen molar-refractivity contribution in [3.63, 3.8) is 0 Å². The van der Waals surface area contributed by atoms with Gasteiger partial charge in [-0.3, -0.25) is 9.80 Å². The fraction of sp³-hybridized carbons (Fsp3) is 0.733. The zero-order chi connectivity index (χ0) is 13.8. The van der Waals surface area contributed by atoms with Crippen molar-refractivity contribution in [3.8, 4) is 0 Å². The van der Waals surface area contributed by atoms with Crippen LogP contribution in [0.4, 0.5) is 0 Å². The molecule has 2 heterocycles. The smallest absolute Gasteiger partial charge is 0.118 e. The van der Waals surface area contributed by atoms with E-state index in [1.54, 1.807) is 0 Å². The molecule has 1 saturated heterocycles. The zero-order valence-corrected chi connectivity index (χ0v) is 12.3. The molecule has 1 aliphatic heterocycles. The molecule has 0 saturated carbocycles. The maximum Gasteiger partial charge on any atom is 0.118 e. The highest BCUT2D eigenvalue weighted by atomic mass is 16.3. The molecule has 0 aliphatic carbocycles. The van der Waals surface area contributed by atoms with Gasteiger partial charge in [-0.1, -0.05) is 6.92 Å². The molecule has 0 radical (unpaired) electrons. The first-order chi connectivity index (χ1) is 9.08. The average molecular weight is 266 g/mol. The van der Waals surface area contributed by atoms with Gasteiger partial charge < -0.3 is 9.52 Å². The first-order valence-electron chi connectivity index (χ1n) is 7.30. The van der Waals surface area contributed by atoms with Crippen LogP contribution in [0, 0.1) is 0 Å². The lowest BCUT2D eigenvalue weighted by Gasteiger charge is -2.39. The summed E-state index contributed by atoms with van der Waals surface area (Å²) in [5, 5.41) is 9.45. The van der Waals surface area contributed by atoms with Crippen molar-refractivity contribution in [3.05, 3.63) is 23.7 Å². The van der Waals surface area contributed by atoms with Gasteiger partial charge in [0.2, 0.25) is 0 Å². The molecule has 0 bridgehead atoms. The Morgan fingerprint density at radius 3 is 2.68 bits per heavy atom. The Morgan fingerprint density at radius 1 is 1.37 bits per heavy atom. The second-order valence-corrected chi connectivity index (χ2v) is 5.65. The molecule has 0 amide bonds. The number of rotatable bonds is 5. The number of β-amino-alcohol motifs (C(OH)–C–C–N with tert-alkyl or cyclic N) is 1. The Hall–Kier alpha value is -0.840. The lowest BCUT2D eigenvalue weighted by atomic mass is 10.1. The summed E-state index contributed by atoms with van der Waals surface area (Å²) in [5.41, 5.74) is 0. The highest BCUT2D eigenvalue weighted by molar-refractivity contribution is 5.07. The van der Waals surface area contributed by atoms with E-state index in [4.69, 9.17) is 4.42 Å². The van der Waals surface area contributed by atoms with Crippen molar-refractivity contribution in [2.45, 2.75) is 45.9 Å². The number of furan rings is 1. The molecule has 0 aromatic carbocycles. The Balaban J connectivity index is 1.85. The highest BCUT2D eigenvalue weighted by Crippen LogP contribution is 2.16. The van der Waals surface area contributed by atoms with Crippen molar-refractivity contribution in [2.24, 2.45) is 0 Å². The summed E-state index contributed by atoms with van der Waals surface area (Å²) in [6.07, 6.45) is 0.716. The van der Waals surface area contributed by atoms with Crippen LogP contribution < -0.4 is 0 Å². The van der Waals surface area contributed by atoms with Gasteiger partial charge in [0.15, 0.2) is 0 Å². The summed E-state index contributed by atoms with van der Waals surface area (Å²) in [7, 11) is 0. The van der Waals surface area contributed by atoms with Gasteiger partial charge in [-0.15, -0.1) is 0 Å². The van der Waals surface area contributed by atoms with Crippen LogP contribution in [-0.4, -0.2) is 53.2 Å². The number of piperazine rings is 1. The molecule has 4 nitrogen and oxygen atoms in total. The van der Waals surface area contributed by atoms with Crippen LogP contribution in [-0.2, 0) is 13.0 Å². The average Bonchev–Trinajstić information content (AvgIpc) is 2.80. The molecule has 0 unspecified atom stereocenters. The summed E-state index contributed by atoms with van der Waals surface area (Å²) in [4.78, 5) is 4.79. The monoisotopic (exact) mass is 266 g/mol. The van der Waals surface area contributed by atoms with E-state index in [-0.39, 0.29) is 6.10 Å². The van der Waals surface area contributed by atoms with Gasteiger partial charge in [-0.05, 0) is 26.0 Å². The molecular weight excluding hydrogens is 240 g/mol. The second kappa shape index (κ2) is 6.55. The lowest BCUT2D eigenvalue weighted by molar-refractivity contribution is 0.0438. The molecule has 1 aromatic rings. The van der Waals surface area contributed by atoms with Gasteiger partial charge in [-0.2, -0.15) is 0 Å². The molecule has 1 aromatic heterocycles. The van der Waals surface area contributed by atoms with E-state index >= 15 is 0 Å². The fourth-order valence-corrected chi connectivity index (χ4v) is 2.74. The largest absolute Gasteiger partial charge is 0.465 e. The van der Waals surface area contributed by atoms with E-state index in [0.717, 1.165) is 50.7 Å². The number of aliphatic hydroxyl groups is 1. The number of nitrogens with zero attached hydrogens (tertiary/aromatic N) is 2. The maximum atomic E-state index is 9.45. The van der Waals surface area contributed by atoms with Crippen molar-refractivity contribution in [1.82, 2.24) is 9.80 Å². The van der Waals surface area contributed by atoms with Gasteiger partial charge in [0.25, 0.3) is 0 Å². The maximum absolute atomic E-state index is 9.45. The van der Waals surface area contributed by atoms with Gasteiger partial charge >= 0.3 is 0 Å². The predicted octanol–water partition coefficient (Wildman–Crippen LogP) is 1.73. The number of aryl methyl sites for hydroxylation is 1. The van der Waals surface area contributed by atoms with Crippen LogP contribution >= 0.6 is 0 Å². The quantitative estimate of drug-likeness (QED) is 0.881. The number of hydrogen-bond donors (Lipinski definition) is 1. The Labute approximate surface area is 116 Å². The van der Waals surface area contributed by atoms with E-state index in [0.29, 0.717) is 6.04 Å². The highest BCUT2D eigenvalue weighted by Gasteiger charge is 2.24. The van der Waals surface area contributed by atoms with E-state index in [1.807, 2.05) is 6.92 Å². The molecular formula is C15H26N2O2. The summed E-state index contributed by atoms with van der Waals surface area (Å²) < 4.78 is 5.78. The summed E-state index contributed by atoms with van der Waals surface area (Å²) >= 11 is 0. The SMILES string of the molecule is CCc1ccc(CN2CCN(C[C@H](C)O)C[C@@H]2C)o1. The number of aliphatic hydroxyl groups excluding tert-OH is 1. The molecule has 0 spiro atoms. The summed E-state index contributed by atoms with van der Waals surface area (Å²) in [6.45, 7) is 11.0. The second-order valence-electron chi connectivity index (χ2n) is 5.65. The van der Waals surface area contributed by atoms with E-state index in [1.165, 1.54) is 0 Å². The minimum Gasteiger partial charge on any atom is -0.465 e. The van der Waals surface area contributed by atoms with Crippen molar-refractivity contribution >= 4 is 0 Å². The predicted molar refractivity (Wildman–Crippen MR) is 76.1 cm³/mol. The van der Waals surface area contributed by atoms with Gasteiger partial charge in [0, 0.05) is 38.6 Å². The molecule has 4 heteroatoms. The minimum absolute atomic E-state index is 0.240. The third-order valence-electron chi connectivity index (χ3n) is 3.80. The van der Waals surface area contributed by atoms with Crippen molar-refractivity contribution in [2.75, 3.05) is 26.2 Å². The van der Waals surface area contributed by atoms with Gasteiger partial charge in [0.1, 0.15) is 11.5 Å². The van der Waals surface area contributed by atoms with Crippen LogP contribution in [0.1, 0.15) is 32.3 Å². The third kappa shape index (κ3) is 4.06. The molecule has 1 aliphatic rings. The molecule has 1 N–H and O–H groups in total. The van der Waals surface area contributed by atoms with E-state index in [9.17, 15) is 5.11 Å². The lowest BCUT2D eigenvalue weighted by Crippen LogP contribution is -2.52. The van der Waals surface area contributed by atoms with Crippen LogP contribution in [0.25, 0.3) is 0 Å². The van der Waals surface area contributed by atoms with Crippen LogP contribution in [0.2, 0.25) is 0 Å². The topological polar surface area (TPSA) is 39.9 Å². The first kappa shape index (κ1) is 14.6. The third-order valence-corrected chi connectivity index (χ3v) is 3.80. The minimum atomic E-state index is -0.240. The molecule has 2 rings (SSSR count). The van der Waals surface area contributed by atoms with Crippen molar-refractivity contribution < 1.29 is 9.52 Å². The van der Waals surface area contributed by atoms with Gasteiger partial charge in [-0.25, -0.2) is 0 Å². The normalized spacial score (nSPS) is 23.7. The Bertz CT molecular complexity index is 389. The molecule has 1 fully saturated rings. The number of hydrogen-bond acceptors (Lipinski definition) is 4. The van der Waals surface area contributed by atoms with Crippen molar-refractivity contribution in [1.29, 1.82) is 0 Å². The molecule has 108 valence electrons. The Morgan fingerprint density at radius 2 is 2.11 bits per heavy atom. The van der Waals surface area contributed by atoms with E-state index < -0.39 is 0 Å². The van der Waals surface area contributed by atoms with Gasteiger partial charge in [0.05, 0.1) is 12.6 Å². The summed E-state index contributed by atoms with van der Waals surface area (Å²) in [6, 6.07) is 4.67. The first-order valence-corrected chi connectivity index (χ1v) is 7.30. The van der Waals surface area contributed by atoms with Crippen LogP contribution in [0.5, 0.6) is 0 Å². The zero-order valence-electron chi connectivity index (χ0n) is 12.3. The van der Waals surface area contributed by atoms with E-state index in [2.05, 4.69) is 35.8 Å². The fourth-order valence-electron chi connectivity index (χ4n) is 2.74. The van der Waals surface area contributed by atoms with Crippen LogP contribution in [0.3, 0.4) is 0 Å². The standard InChI is InChI=1S/C15H26N2O2/c1-4-14-5-6-15(19-14)11-17-8-7-16(9-12(17)2)10-13(3)18/h5-6,12-13,18H,4,7-11H2,1-3H3/t12-,13-/m0/s1. The van der Waals surface area contributed by atoms with Crippen LogP contribution in [0.15, 0.2) is 16.5 Å². The summed E-state index contributed by atoms with van der Waals surface area (Å²) in [5.74, 6) is 2.13. The Kier molecular flexibility index (Phi) is 5.02. The molecule has 2 atom stereocenters. The molecule has 19 heavy (non-hydrogen) atoms.